The number of methoxy groups -OCH3 is 1. The third kappa shape index (κ3) is 6.83. The minimum absolute atomic E-state index is 0.0615. The molecule has 0 saturated carbocycles. The maximum Gasteiger partial charge on any atom is 0.573 e. The number of carbonyl (C=O) groups excluding carboxylic acids is 2. The Morgan fingerprint density at radius 2 is 1.89 bits per heavy atom. The smallest absolute Gasteiger partial charge is 0.497 e. The molecule has 15 heteroatoms. The Kier molecular flexibility index (Phi) is 8.58. The first-order valence-electron chi connectivity index (χ1n) is 13.0. The summed E-state index contributed by atoms with van der Waals surface area (Å²) in [5.74, 6) is -0.763. The molecule has 1 saturated heterocycles. The van der Waals surface area contributed by atoms with Crippen molar-refractivity contribution in [3.8, 4) is 28.6 Å². The van der Waals surface area contributed by atoms with Crippen LogP contribution in [0.2, 0.25) is 0 Å². The summed E-state index contributed by atoms with van der Waals surface area (Å²) in [6.45, 7) is 3.94. The van der Waals surface area contributed by atoms with Crippen molar-refractivity contribution in [2.45, 2.75) is 26.1 Å². The van der Waals surface area contributed by atoms with Crippen LogP contribution in [-0.2, 0) is 4.79 Å². The van der Waals surface area contributed by atoms with Gasteiger partial charge in [-0.1, -0.05) is 37.7 Å². The van der Waals surface area contributed by atoms with E-state index in [0.29, 0.717) is 11.4 Å². The number of halogens is 4. The molecule has 3 amide bonds. The first kappa shape index (κ1) is 30.5. The zero-order valence-corrected chi connectivity index (χ0v) is 24.2. The van der Waals surface area contributed by atoms with Crippen LogP contribution < -0.4 is 19.7 Å². The van der Waals surface area contributed by atoms with Gasteiger partial charge in [0.2, 0.25) is 5.91 Å². The summed E-state index contributed by atoms with van der Waals surface area (Å²) in [6, 6.07) is 13.4. The molecule has 3 aromatic carbocycles. The molecule has 1 aliphatic rings. The van der Waals surface area contributed by atoms with E-state index in [0.717, 1.165) is 35.5 Å². The highest BCUT2D eigenvalue weighted by Crippen LogP contribution is 2.36. The summed E-state index contributed by atoms with van der Waals surface area (Å²) in [7, 11) is 1.51. The molecule has 1 fully saturated rings. The molecule has 5 rings (SSSR count). The lowest BCUT2D eigenvalue weighted by Crippen LogP contribution is -2.31. The van der Waals surface area contributed by atoms with Crippen molar-refractivity contribution in [1.82, 2.24) is 14.8 Å². The van der Waals surface area contributed by atoms with Crippen LogP contribution >= 0.6 is 11.8 Å². The highest BCUT2D eigenvalue weighted by atomic mass is 32.2. The van der Waals surface area contributed by atoms with E-state index in [4.69, 9.17) is 4.74 Å². The Balaban J connectivity index is 1.33. The van der Waals surface area contributed by atoms with Crippen LogP contribution in [0.1, 0.15) is 25.3 Å². The molecule has 228 valence electrons. The van der Waals surface area contributed by atoms with Crippen molar-refractivity contribution in [3.63, 3.8) is 0 Å². The Hall–Kier alpha value is -4.92. The van der Waals surface area contributed by atoms with Crippen molar-refractivity contribution < 1.29 is 36.6 Å². The van der Waals surface area contributed by atoms with Gasteiger partial charge in [-0.25, -0.2) is 18.9 Å². The van der Waals surface area contributed by atoms with Crippen molar-refractivity contribution in [1.29, 1.82) is 0 Å². The molecule has 0 aliphatic carbocycles. The number of rotatable bonds is 7. The predicted octanol–water partition coefficient (Wildman–Crippen LogP) is 6.77. The maximum absolute atomic E-state index is 15.0. The summed E-state index contributed by atoms with van der Waals surface area (Å²) in [4.78, 5) is 35.1. The molecule has 1 aliphatic heterocycles. The number of aliphatic imine (C=N–C) groups is 1. The van der Waals surface area contributed by atoms with E-state index in [1.54, 1.807) is 12.1 Å². The normalized spacial score (nSPS) is 14.4. The Bertz CT molecular complexity index is 1760. The first-order chi connectivity index (χ1) is 20.9. The number of hydrogen-bond acceptors (Lipinski definition) is 7. The van der Waals surface area contributed by atoms with Crippen LogP contribution in [0.3, 0.4) is 0 Å². The molecule has 2 heterocycles. The van der Waals surface area contributed by atoms with Crippen LogP contribution in [0, 0.1) is 5.82 Å². The molecule has 0 atom stereocenters. The van der Waals surface area contributed by atoms with Gasteiger partial charge in [-0.3, -0.25) is 9.69 Å². The van der Waals surface area contributed by atoms with E-state index in [9.17, 15) is 22.8 Å². The number of nitrogens with one attached hydrogen (secondary N) is 1. The quantitative estimate of drug-likeness (QED) is 0.225. The molecule has 1 N–H and O–H groups in total. The second-order valence-electron chi connectivity index (χ2n) is 9.67. The minimum Gasteiger partial charge on any atom is -0.497 e. The zero-order valence-electron chi connectivity index (χ0n) is 23.4. The molecule has 0 radical (unpaired) electrons. The standard InChI is InChI=1S/C29H24F4N6O4S/c1-16(2)21-9-8-19(42-3)13-24(21)39-25(40)14-44-28(39)36-27(41)35-23-10-7-17(11-22(23)30)26-34-15-38(37-26)18-5-4-6-20(12-18)43-29(31,32)33/h4-13,15-16H,14H2,1-3H3,(H,35,41)/b36-28-. The number of urea groups is 1. The third-order valence-corrected chi connectivity index (χ3v) is 7.26. The SMILES string of the molecule is COc1ccc(C(C)C)c(N2C(=O)CS/C2=N\C(=O)Nc2ccc(-c3ncn(-c4cccc(OC(F)(F)F)c4)n3)cc2F)c1. The molecule has 1 aromatic heterocycles. The number of thioether (sulfide) groups is 1. The molecule has 0 bridgehead atoms. The second kappa shape index (κ2) is 12.4. The largest absolute Gasteiger partial charge is 0.573 e. The Morgan fingerprint density at radius 1 is 1.09 bits per heavy atom. The number of hydrogen-bond donors (Lipinski definition) is 1. The molecular formula is C29H24F4N6O4S. The highest BCUT2D eigenvalue weighted by molar-refractivity contribution is 8.15. The van der Waals surface area contributed by atoms with Crippen molar-refractivity contribution in [2.24, 2.45) is 4.99 Å². The fraction of sp³-hybridized carbons (Fsp3) is 0.207. The highest BCUT2D eigenvalue weighted by Gasteiger charge is 2.33. The minimum atomic E-state index is -4.85. The molecule has 4 aromatic rings. The molecule has 0 spiro atoms. The lowest BCUT2D eigenvalue weighted by atomic mass is 10.00. The third-order valence-electron chi connectivity index (χ3n) is 6.34. The number of carbonyl (C=O) groups is 2. The van der Waals surface area contributed by atoms with Crippen molar-refractivity contribution in [2.75, 3.05) is 23.1 Å². The maximum atomic E-state index is 15.0. The summed E-state index contributed by atoms with van der Waals surface area (Å²) in [5.41, 5.74) is 1.71. The number of ether oxygens (including phenoxy) is 2. The fourth-order valence-electron chi connectivity index (χ4n) is 4.34. The van der Waals surface area contributed by atoms with E-state index in [-0.39, 0.29) is 45.5 Å². The van der Waals surface area contributed by atoms with Gasteiger partial charge in [-0.05, 0) is 47.9 Å². The monoisotopic (exact) mass is 628 g/mol. The van der Waals surface area contributed by atoms with Crippen LogP contribution in [-0.4, -0.2) is 51.1 Å². The molecule has 0 unspecified atom stereocenters. The van der Waals surface area contributed by atoms with Gasteiger partial charge in [-0.2, -0.15) is 4.99 Å². The topological polar surface area (TPSA) is 111 Å². The predicted molar refractivity (Wildman–Crippen MR) is 157 cm³/mol. The average Bonchev–Trinajstić information content (AvgIpc) is 3.60. The van der Waals surface area contributed by atoms with Gasteiger partial charge in [0, 0.05) is 17.7 Å². The number of amidine groups is 1. The summed E-state index contributed by atoms with van der Waals surface area (Å²) in [6.07, 6.45) is -3.60. The van der Waals surface area contributed by atoms with Crippen molar-refractivity contribution in [3.05, 3.63) is 78.4 Å². The number of amides is 3. The number of nitrogens with zero attached hydrogens (tertiary/aromatic N) is 5. The lowest BCUT2D eigenvalue weighted by molar-refractivity contribution is -0.274. The van der Waals surface area contributed by atoms with Gasteiger partial charge in [0.25, 0.3) is 0 Å². The number of alkyl halides is 3. The van der Waals surface area contributed by atoms with E-state index >= 15 is 4.39 Å². The van der Waals surface area contributed by atoms with Gasteiger partial charge in [-0.15, -0.1) is 18.3 Å². The zero-order chi connectivity index (χ0) is 31.6. The summed E-state index contributed by atoms with van der Waals surface area (Å²) in [5, 5.41) is 6.74. The van der Waals surface area contributed by atoms with Gasteiger partial charge < -0.3 is 14.8 Å². The van der Waals surface area contributed by atoms with Gasteiger partial charge in [0.05, 0.1) is 29.9 Å². The lowest BCUT2D eigenvalue weighted by Gasteiger charge is -2.22. The molecular weight excluding hydrogens is 604 g/mol. The second-order valence-corrected chi connectivity index (χ2v) is 10.6. The van der Waals surface area contributed by atoms with Crippen LogP contribution in [0.4, 0.5) is 33.7 Å². The summed E-state index contributed by atoms with van der Waals surface area (Å²) >= 11 is 1.08. The number of benzene rings is 3. The first-order valence-corrected chi connectivity index (χ1v) is 14.0. The van der Waals surface area contributed by atoms with E-state index in [2.05, 4.69) is 25.1 Å². The van der Waals surface area contributed by atoms with E-state index in [1.165, 1.54) is 47.3 Å². The van der Waals surface area contributed by atoms with E-state index in [1.807, 2.05) is 19.9 Å². The van der Waals surface area contributed by atoms with E-state index < -0.39 is 24.0 Å². The number of aromatic nitrogens is 3. The molecule has 44 heavy (non-hydrogen) atoms. The van der Waals surface area contributed by atoms with Gasteiger partial charge >= 0.3 is 12.4 Å². The average molecular weight is 629 g/mol. The van der Waals surface area contributed by atoms with Crippen molar-refractivity contribution >= 4 is 40.2 Å². The Labute approximate surface area is 252 Å². The van der Waals surface area contributed by atoms with Gasteiger partial charge in [0.15, 0.2) is 11.0 Å². The van der Waals surface area contributed by atoms with Crippen LogP contribution in [0.25, 0.3) is 17.1 Å². The van der Waals surface area contributed by atoms with Gasteiger partial charge in [0.1, 0.15) is 23.6 Å². The fourth-order valence-corrected chi connectivity index (χ4v) is 5.20. The number of anilines is 2. The summed E-state index contributed by atoms with van der Waals surface area (Å²) < 4.78 is 63.2. The van der Waals surface area contributed by atoms with Crippen LogP contribution in [0.5, 0.6) is 11.5 Å². The van der Waals surface area contributed by atoms with Crippen LogP contribution in [0.15, 0.2) is 72.0 Å². The molecule has 10 nitrogen and oxygen atoms in total. The Morgan fingerprint density at radius 3 is 2.59 bits per heavy atom.